The lowest BCUT2D eigenvalue weighted by atomic mass is 10.3. The van der Waals surface area contributed by atoms with Gasteiger partial charge in [0.1, 0.15) is 10.7 Å². The SMILES string of the molecule is C=CCCCN(C)S(=O)(=O)c1c(N)cccc1F. The number of rotatable bonds is 6. The summed E-state index contributed by atoms with van der Waals surface area (Å²) in [7, 11) is -2.47. The Kier molecular flexibility index (Phi) is 4.86. The van der Waals surface area contributed by atoms with E-state index in [2.05, 4.69) is 6.58 Å². The third kappa shape index (κ3) is 3.08. The lowest BCUT2D eigenvalue weighted by molar-refractivity contribution is 0.457. The van der Waals surface area contributed by atoms with Gasteiger partial charge in [-0.1, -0.05) is 12.1 Å². The van der Waals surface area contributed by atoms with Crippen molar-refractivity contribution < 1.29 is 12.8 Å². The highest BCUT2D eigenvalue weighted by atomic mass is 32.2. The Morgan fingerprint density at radius 3 is 2.72 bits per heavy atom. The number of nitrogens with zero attached hydrogens (tertiary/aromatic N) is 1. The van der Waals surface area contributed by atoms with Crippen LogP contribution >= 0.6 is 0 Å². The van der Waals surface area contributed by atoms with Crippen LogP contribution in [0.25, 0.3) is 0 Å². The molecule has 0 spiro atoms. The Morgan fingerprint density at radius 2 is 2.17 bits per heavy atom. The Balaban J connectivity index is 3.02. The van der Waals surface area contributed by atoms with Crippen LogP contribution < -0.4 is 5.73 Å². The zero-order valence-electron chi connectivity index (χ0n) is 10.3. The second-order valence-corrected chi connectivity index (χ2v) is 5.90. The highest BCUT2D eigenvalue weighted by Crippen LogP contribution is 2.24. The number of allylic oxidation sites excluding steroid dienone is 1. The van der Waals surface area contributed by atoms with Gasteiger partial charge in [0.15, 0.2) is 0 Å². The predicted octanol–water partition coefficient (Wildman–Crippen LogP) is 1.99. The number of anilines is 1. The van der Waals surface area contributed by atoms with Crippen molar-refractivity contribution in [1.82, 2.24) is 4.31 Å². The van der Waals surface area contributed by atoms with Crippen molar-refractivity contribution in [2.24, 2.45) is 0 Å². The Hall–Kier alpha value is -1.40. The maximum Gasteiger partial charge on any atom is 0.247 e. The van der Waals surface area contributed by atoms with Crippen molar-refractivity contribution in [1.29, 1.82) is 0 Å². The number of nitrogen functional groups attached to an aromatic ring is 1. The molecular weight excluding hydrogens is 255 g/mol. The predicted molar refractivity (Wildman–Crippen MR) is 70.1 cm³/mol. The lowest BCUT2D eigenvalue weighted by Crippen LogP contribution is -2.29. The molecule has 6 heteroatoms. The number of unbranched alkanes of at least 4 members (excludes halogenated alkanes) is 1. The Morgan fingerprint density at radius 1 is 1.50 bits per heavy atom. The normalized spacial score (nSPS) is 11.7. The summed E-state index contributed by atoms with van der Waals surface area (Å²) in [4.78, 5) is -0.453. The molecule has 0 heterocycles. The van der Waals surface area contributed by atoms with Crippen LogP contribution in [0.15, 0.2) is 35.7 Å². The van der Waals surface area contributed by atoms with Crippen molar-refractivity contribution in [3.63, 3.8) is 0 Å². The zero-order valence-corrected chi connectivity index (χ0v) is 11.1. The minimum absolute atomic E-state index is 0.0782. The molecule has 0 unspecified atom stereocenters. The first-order valence-corrected chi connectivity index (χ1v) is 6.96. The second-order valence-electron chi connectivity index (χ2n) is 3.92. The van der Waals surface area contributed by atoms with Crippen LogP contribution in [0, 0.1) is 5.82 Å². The van der Waals surface area contributed by atoms with Gasteiger partial charge < -0.3 is 5.73 Å². The summed E-state index contributed by atoms with van der Waals surface area (Å²) in [6.07, 6.45) is 3.04. The van der Waals surface area contributed by atoms with Crippen LogP contribution in [0.2, 0.25) is 0 Å². The smallest absolute Gasteiger partial charge is 0.247 e. The number of nitrogens with two attached hydrogens (primary N) is 1. The molecule has 1 rings (SSSR count). The molecule has 18 heavy (non-hydrogen) atoms. The van der Waals surface area contributed by atoms with Crippen LogP contribution in [0.1, 0.15) is 12.8 Å². The van der Waals surface area contributed by atoms with Gasteiger partial charge in [-0.2, -0.15) is 0 Å². The van der Waals surface area contributed by atoms with Gasteiger partial charge in [-0.15, -0.1) is 6.58 Å². The molecule has 0 amide bonds. The third-order valence-corrected chi connectivity index (χ3v) is 4.50. The van der Waals surface area contributed by atoms with Crippen LogP contribution in [0.5, 0.6) is 0 Å². The number of benzene rings is 1. The first-order chi connectivity index (χ1) is 8.41. The number of hydrogen-bond acceptors (Lipinski definition) is 3. The van der Waals surface area contributed by atoms with Crippen molar-refractivity contribution in [2.75, 3.05) is 19.3 Å². The summed E-state index contributed by atoms with van der Waals surface area (Å²) in [5.74, 6) is -0.828. The molecule has 0 fully saturated rings. The molecule has 0 aliphatic rings. The summed E-state index contributed by atoms with van der Waals surface area (Å²) in [5, 5.41) is 0. The number of halogens is 1. The maximum absolute atomic E-state index is 13.6. The van der Waals surface area contributed by atoms with Crippen LogP contribution in [0.3, 0.4) is 0 Å². The molecule has 4 nitrogen and oxygen atoms in total. The summed E-state index contributed by atoms with van der Waals surface area (Å²) < 4.78 is 39.0. The molecule has 0 bridgehead atoms. The Bertz CT molecular complexity index is 509. The van der Waals surface area contributed by atoms with Crippen molar-refractivity contribution in [2.45, 2.75) is 17.7 Å². The fourth-order valence-corrected chi connectivity index (χ4v) is 2.89. The van der Waals surface area contributed by atoms with E-state index in [4.69, 9.17) is 5.73 Å². The van der Waals surface area contributed by atoms with Crippen LogP contribution in [0.4, 0.5) is 10.1 Å². The number of hydrogen-bond donors (Lipinski definition) is 1. The summed E-state index contributed by atoms with van der Waals surface area (Å²) in [6.45, 7) is 3.85. The highest BCUT2D eigenvalue weighted by molar-refractivity contribution is 7.89. The summed E-state index contributed by atoms with van der Waals surface area (Å²) in [5.41, 5.74) is 5.46. The van der Waals surface area contributed by atoms with E-state index in [9.17, 15) is 12.8 Å². The summed E-state index contributed by atoms with van der Waals surface area (Å²) >= 11 is 0. The van der Waals surface area contributed by atoms with E-state index in [1.807, 2.05) is 0 Å². The van der Waals surface area contributed by atoms with Gasteiger partial charge in [-0.3, -0.25) is 0 Å². The highest BCUT2D eigenvalue weighted by Gasteiger charge is 2.26. The summed E-state index contributed by atoms with van der Waals surface area (Å²) in [6, 6.07) is 3.83. The minimum atomic E-state index is -3.88. The first kappa shape index (κ1) is 14.7. The number of sulfonamides is 1. The van der Waals surface area contributed by atoms with Gasteiger partial charge in [-0.25, -0.2) is 17.1 Å². The van der Waals surface area contributed by atoms with Gasteiger partial charge in [-0.05, 0) is 25.0 Å². The van der Waals surface area contributed by atoms with E-state index in [1.54, 1.807) is 6.08 Å². The molecule has 0 atom stereocenters. The van der Waals surface area contributed by atoms with E-state index in [-0.39, 0.29) is 5.69 Å². The van der Waals surface area contributed by atoms with E-state index in [0.717, 1.165) is 10.4 Å². The van der Waals surface area contributed by atoms with Crippen molar-refractivity contribution in [3.8, 4) is 0 Å². The second kappa shape index (κ2) is 5.97. The van der Waals surface area contributed by atoms with Gasteiger partial charge in [0.2, 0.25) is 10.0 Å². The van der Waals surface area contributed by atoms with Gasteiger partial charge in [0.05, 0.1) is 5.69 Å². The molecule has 0 saturated heterocycles. The quantitative estimate of drug-likeness (QED) is 0.489. The van der Waals surface area contributed by atoms with E-state index >= 15 is 0 Å². The molecule has 0 saturated carbocycles. The largest absolute Gasteiger partial charge is 0.398 e. The van der Waals surface area contributed by atoms with Crippen LogP contribution in [-0.2, 0) is 10.0 Å². The molecule has 0 aliphatic heterocycles. The third-order valence-electron chi connectivity index (χ3n) is 2.55. The molecule has 1 aromatic rings. The van der Waals surface area contributed by atoms with Crippen LogP contribution in [-0.4, -0.2) is 26.3 Å². The molecule has 1 aromatic carbocycles. The lowest BCUT2D eigenvalue weighted by Gasteiger charge is -2.18. The van der Waals surface area contributed by atoms with E-state index < -0.39 is 20.7 Å². The van der Waals surface area contributed by atoms with Crippen molar-refractivity contribution in [3.05, 3.63) is 36.7 Å². The standard InChI is InChI=1S/C12H17FN2O2S/c1-3-4-5-9-15(2)18(16,17)12-10(13)7-6-8-11(12)14/h3,6-8H,1,4-5,9,14H2,2H3. The fourth-order valence-electron chi connectivity index (χ4n) is 1.53. The molecule has 0 radical (unpaired) electrons. The van der Waals surface area contributed by atoms with Gasteiger partial charge in [0, 0.05) is 13.6 Å². The molecule has 0 aliphatic carbocycles. The fraction of sp³-hybridized carbons (Fsp3) is 0.333. The van der Waals surface area contributed by atoms with Crippen molar-refractivity contribution >= 4 is 15.7 Å². The monoisotopic (exact) mass is 272 g/mol. The average molecular weight is 272 g/mol. The van der Waals surface area contributed by atoms with Gasteiger partial charge >= 0.3 is 0 Å². The molecular formula is C12H17FN2O2S. The molecule has 100 valence electrons. The zero-order chi connectivity index (χ0) is 13.8. The minimum Gasteiger partial charge on any atom is -0.398 e. The first-order valence-electron chi connectivity index (χ1n) is 5.52. The molecule has 2 N–H and O–H groups in total. The van der Waals surface area contributed by atoms with E-state index in [1.165, 1.54) is 19.2 Å². The van der Waals surface area contributed by atoms with E-state index in [0.29, 0.717) is 19.4 Å². The van der Waals surface area contributed by atoms with Gasteiger partial charge in [0.25, 0.3) is 0 Å². The molecule has 0 aromatic heterocycles. The average Bonchev–Trinajstić information content (AvgIpc) is 2.28. The topological polar surface area (TPSA) is 63.4 Å². The Labute approximate surface area is 107 Å². The maximum atomic E-state index is 13.6.